The molecule has 0 heterocycles. The van der Waals surface area contributed by atoms with Crippen molar-refractivity contribution in [3.05, 3.63) is 28.8 Å². The fraction of sp³-hybridized carbons (Fsp3) is 0.429. The van der Waals surface area contributed by atoms with Crippen LogP contribution in [0.15, 0.2) is 18.2 Å². The van der Waals surface area contributed by atoms with E-state index in [1.165, 1.54) is 18.2 Å². The highest BCUT2D eigenvalue weighted by atomic mass is 35.5. The Morgan fingerprint density at radius 1 is 1.30 bits per heavy atom. The molecule has 0 aliphatic heterocycles. The van der Waals surface area contributed by atoms with E-state index in [4.69, 9.17) is 16.7 Å². The maximum Gasteiger partial charge on any atom is 0.337 e. The number of hydrogen-bond acceptors (Lipinski definition) is 2. The van der Waals surface area contributed by atoms with E-state index in [2.05, 4.69) is 10.6 Å². The molecular formula is C14H19ClN2O3. The van der Waals surface area contributed by atoms with Gasteiger partial charge < -0.3 is 15.7 Å². The molecule has 0 atom stereocenters. The van der Waals surface area contributed by atoms with E-state index in [-0.39, 0.29) is 16.8 Å². The maximum absolute atomic E-state index is 12.0. The summed E-state index contributed by atoms with van der Waals surface area (Å²) in [6.45, 7) is 5.89. The average molecular weight is 299 g/mol. The number of anilines is 1. The Balaban J connectivity index is 2.90. The molecule has 0 aliphatic rings. The number of halogens is 1. The van der Waals surface area contributed by atoms with Crippen LogP contribution in [0.5, 0.6) is 0 Å². The minimum absolute atomic E-state index is 0.000694. The van der Waals surface area contributed by atoms with Gasteiger partial charge in [-0.05, 0) is 38.0 Å². The van der Waals surface area contributed by atoms with Crippen LogP contribution in [0.1, 0.15) is 44.0 Å². The van der Waals surface area contributed by atoms with Crippen molar-refractivity contribution in [2.24, 2.45) is 0 Å². The predicted octanol–water partition coefficient (Wildman–Crippen LogP) is 3.74. The highest BCUT2D eigenvalue weighted by Gasteiger charge is 2.22. The van der Waals surface area contributed by atoms with Crippen molar-refractivity contribution in [2.45, 2.75) is 39.2 Å². The van der Waals surface area contributed by atoms with Gasteiger partial charge in [-0.3, -0.25) is 0 Å². The van der Waals surface area contributed by atoms with Gasteiger partial charge in [0, 0.05) is 10.6 Å². The first-order chi connectivity index (χ1) is 9.31. The lowest BCUT2D eigenvalue weighted by atomic mass is 9.96. The first kappa shape index (κ1) is 16.3. The van der Waals surface area contributed by atoms with Gasteiger partial charge in [0.2, 0.25) is 0 Å². The van der Waals surface area contributed by atoms with Crippen LogP contribution < -0.4 is 10.6 Å². The molecule has 0 radical (unpaired) electrons. The molecule has 20 heavy (non-hydrogen) atoms. The molecule has 0 saturated heterocycles. The monoisotopic (exact) mass is 298 g/mol. The van der Waals surface area contributed by atoms with Crippen molar-refractivity contribution >= 4 is 29.3 Å². The van der Waals surface area contributed by atoms with Gasteiger partial charge in [-0.1, -0.05) is 25.4 Å². The van der Waals surface area contributed by atoms with E-state index in [0.717, 1.165) is 12.8 Å². The van der Waals surface area contributed by atoms with Crippen molar-refractivity contribution in [3.63, 3.8) is 0 Å². The number of benzene rings is 1. The molecule has 0 spiro atoms. The third-order valence-electron chi connectivity index (χ3n) is 3.44. The summed E-state index contributed by atoms with van der Waals surface area (Å²) >= 11 is 5.83. The molecule has 110 valence electrons. The second-order valence-electron chi connectivity index (χ2n) is 4.84. The topological polar surface area (TPSA) is 78.4 Å². The van der Waals surface area contributed by atoms with E-state index in [1.807, 2.05) is 20.8 Å². The summed E-state index contributed by atoms with van der Waals surface area (Å²) in [6.07, 6.45) is 1.55. The summed E-state index contributed by atoms with van der Waals surface area (Å²) in [7, 11) is 0. The number of aromatic carboxylic acids is 1. The Hall–Kier alpha value is -1.75. The third kappa shape index (κ3) is 4.13. The molecule has 0 saturated carbocycles. The quantitative estimate of drug-likeness (QED) is 0.775. The first-order valence-electron chi connectivity index (χ1n) is 6.43. The van der Waals surface area contributed by atoms with Crippen LogP contribution in [0.2, 0.25) is 5.02 Å². The molecule has 0 unspecified atom stereocenters. The van der Waals surface area contributed by atoms with Gasteiger partial charge in [-0.25, -0.2) is 9.59 Å². The minimum Gasteiger partial charge on any atom is -0.478 e. The standard InChI is InChI=1S/C14H19ClN2O3/c1-4-14(3,5-2)17-13(20)16-11-8-9(15)6-7-10(11)12(18)19/h6-8H,4-5H2,1-3H3,(H,18,19)(H2,16,17,20). The van der Waals surface area contributed by atoms with Crippen LogP contribution in [0.3, 0.4) is 0 Å². The van der Waals surface area contributed by atoms with Gasteiger partial charge >= 0.3 is 12.0 Å². The zero-order valence-electron chi connectivity index (χ0n) is 11.8. The largest absolute Gasteiger partial charge is 0.478 e. The minimum atomic E-state index is -1.12. The molecule has 6 heteroatoms. The van der Waals surface area contributed by atoms with E-state index >= 15 is 0 Å². The highest BCUT2D eigenvalue weighted by Crippen LogP contribution is 2.21. The second kappa shape index (κ2) is 6.61. The Labute approximate surface area is 123 Å². The van der Waals surface area contributed by atoms with Gasteiger partial charge in [-0.2, -0.15) is 0 Å². The number of amides is 2. The van der Waals surface area contributed by atoms with Crippen LogP contribution in [0, 0.1) is 0 Å². The molecule has 0 aliphatic carbocycles. The predicted molar refractivity (Wildman–Crippen MR) is 79.6 cm³/mol. The summed E-state index contributed by atoms with van der Waals surface area (Å²) in [4.78, 5) is 23.1. The Bertz CT molecular complexity index is 513. The number of carboxylic acids is 1. The lowest BCUT2D eigenvalue weighted by Gasteiger charge is -2.28. The number of carbonyl (C=O) groups excluding carboxylic acids is 1. The molecule has 1 rings (SSSR count). The molecule has 5 nitrogen and oxygen atoms in total. The summed E-state index contributed by atoms with van der Waals surface area (Å²) in [5, 5.41) is 14.8. The fourth-order valence-electron chi connectivity index (χ4n) is 1.66. The van der Waals surface area contributed by atoms with E-state index in [1.54, 1.807) is 0 Å². The van der Waals surface area contributed by atoms with Crippen molar-refractivity contribution in [1.82, 2.24) is 5.32 Å². The van der Waals surface area contributed by atoms with Gasteiger partial charge in [-0.15, -0.1) is 0 Å². The number of carboxylic acid groups (broad SMARTS) is 1. The Kier molecular flexibility index (Phi) is 5.39. The van der Waals surface area contributed by atoms with Gasteiger partial charge in [0.1, 0.15) is 0 Å². The van der Waals surface area contributed by atoms with Crippen molar-refractivity contribution in [3.8, 4) is 0 Å². The lowest BCUT2D eigenvalue weighted by Crippen LogP contribution is -2.47. The average Bonchev–Trinajstić information content (AvgIpc) is 2.38. The Morgan fingerprint density at radius 3 is 2.40 bits per heavy atom. The summed E-state index contributed by atoms with van der Waals surface area (Å²) in [5.41, 5.74) is -0.150. The van der Waals surface area contributed by atoms with E-state index in [9.17, 15) is 9.59 Å². The molecule has 3 N–H and O–H groups in total. The Morgan fingerprint density at radius 2 is 1.90 bits per heavy atom. The highest BCUT2D eigenvalue weighted by molar-refractivity contribution is 6.31. The normalized spacial score (nSPS) is 11.0. The van der Waals surface area contributed by atoms with Gasteiger partial charge in [0.25, 0.3) is 0 Å². The van der Waals surface area contributed by atoms with E-state index in [0.29, 0.717) is 5.02 Å². The first-order valence-corrected chi connectivity index (χ1v) is 6.81. The summed E-state index contributed by atoms with van der Waals surface area (Å²) < 4.78 is 0. The van der Waals surface area contributed by atoms with E-state index < -0.39 is 12.0 Å². The lowest BCUT2D eigenvalue weighted by molar-refractivity contribution is 0.0698. The number of urea groups is 1. The maximum atomic E-state index is 12.0. The molecular weight excluding hydrogens is 280 g/mol. The van der Waals surface area contributed by atoms with Crippen LogP contribution in [0.25, 0.3) is 0 Å². The van der Waals surface area contributed by atoms with Crippen molar-refractivity contribution in [1.29, 1.82) is 0 Å². The van der Waals surface area contributed by atoms with Gasteiger partial charge in [0.05, 0.1) is 11.3 Å². The molecule has 1 aromatic carbocycles. The smallest absolute Gasteiger partial charge is 0.337 e. The van der Waals surface area contributed by atoms with Crippen LogP contribution in [-0.2, 0) is 0 Å². The molecule has 0 aromatic heterocycles. The number of carbonyl (C=O) groups is 2. The fourth-order valence-corrected chi connectivity index (χ4v) is 1.83. The SMILES string of the molecule is CCC(C)(CC)NC(=O)Nc1cc(Cl)ccc1C(=O)O. The van der Waals surface area contributed by atoms with Crippen LogP contribution >= 0.6 is 11.6 Å². The number of hydrogen-bond donors (Lipinski definition) is 3. The summed E-state index contributed by atoms with van der Waals surface area (Å²) in [6, 6.07) is 3.80. The third-order valence-corrected chi connectivity index (χ3v) is 3.67. The molecule has 0 fully saturated rings. The van der Waals surface area contributed by atoms with Crippen molar-refractivity contribution in [2.75, 3.05) is 5.32 Å². The molecule has 2 amide bonds. The second-order valence-corrected chi connectivity index (χ2v) is 5.28. The van der Waals surface area contributed by atoms with Crippen LogP contribution in [0.4, 0.5) is 10.5 Å². The number of rotatable bonds is 5. The molecule has 1 aromatic rings. The summed E-state index contributed by atoms with van der Waals surface area (Å²) in [5.74, 6) is -1.12. The zero-order chi connectivity index (χ0) is 15.3. The zero-order valence-corrected chi connectivity index (χ0v) is 12.5. The van der Waals surface area contributed by atoms with Gasteiger partial charge in [0.15, 0.2) is 0 Å². The van der Waals surface area contributed by atoms with Crippen LogP contribution in [-0.4, -0.2) is 22.6 Å². The van der Waals surface area contributed by atoms with Crippen molar-refractivity contribution < 1.29 is 14.7 Å². The number of nitrogens with one attached hydrogen (secondary N) is 2. The molecule has 0 bridgehead atoms.